The van der Waals surface area contributed by atoms with Crippen molar-refractivity contribution in [2.24, 2.45) is 0 Å². The largest absolute Gasteiger partial charge is 0.480 e. The van der Waals surface area contributed by atoms with Crippen molar-refractivity contribution in [1.29, 1.82) is 0 Å². The van der Waals surface area contributed by atoms with E-state index >= 15 is 0 Å². The molecule has 2 N–H and O–H groups in total. The van der Waals surface area contributed by atoms with Gasteiger partial charge in [-0.25, -0.2) is 4.79 Å². The SMILES string of the molecule is CSCCC(NC(=O)c1ccc(COCCc2cccc3ccccc23)cc1-c1ccccc1C)C(=O)O. The van der Waals surface area contributed by atoms with Crippen molar-refractivity contribution in [3.05, 3.63) is 107 Å². The van der Waals surface area contributed by atoms with Gasteiger partial charge in [-0.05, 0) is 82.5 Å². The van der Waals surface area contributed by atoms with E-state index < -0.39 is 12.0 Å². The monoisotopic (exact) mass is 527 g/mol. The number of carbonyl (C=O) groups is 2. The summed E-state index contributed by atoms with van der Waals surface area (Å²) in [5.41, 5.74) is 5.40. The number of aryl methyl sites for hydroxylation is 1. The van der Waals surface area contributed by atoms with Crippen LogP contribution in [0.4, 0.5) is 0 Å². The van der Waals surface area contributed by atoms with Gasteiger partial charge in [0.2, 0.25) is 0 Å². The minimum absolute atomic E-state index is 0.366. The molecule has 0 aliphatic rings. The zero-order valence-corrected chi connectivity index (χ0v) is 22.6. The minimum atomic E-state index is -1.03. The predicted molar refractivity (Wildman–Crippen MR) is 156 cm³/mol. The third-order valence-electron chi connectivity index (χ3n) is 6.64. The number of benzene rings is 4. The molecule has 0 bridgehead atoms. The number of hydrogen-bond donors (Lipinski definition) is 2. The molecule has 0 fully saturated rings. The van der Waals surface area contributed by atoms with E-state index in [1.807, 2.05) is 55.6 Å². The molecule has 0 spiro atoms. The Kier molecular flexibility index (Phi) is 9.57. The highest BCUT2D eigenvalue weighted by Gasteiger charge is 2.22. The Morgan fingerprint density at radius 3 is 2.50 bits per heavy atom. The van der Waals surface area contributed by atoms with Crippen molar-refractivity contribution in [2.45, 2.75) is 32.4 Å². The van der Waals surface area contributed by atoms with Crippen LogP contribution in [0.15, 0.2) is 84.9 Å². The van der Waals surface area contributed by atoms with Crippen LogP contribution in [0.25, 0.3) is 21.9 Å². The molecule has 4 aromatic carbocycles. The average Bonchev–Trinajstić information content (AvgIpc) is 2.93. The standard InChI is InChI=1S/C32H33NO4S/c1-22-8-3-5-12-26(22)29-20-23(14-15-28(29)31(34)33-30(32(35)36)17-19-38-2)21-37-18-16-25-11-7-10-24-9-4-6-13-27(24)25/h3-15,20,30H,16-19,21H2,1-2H3,(H,33,34)(H,35,36). The Morgan fingerprint density at radius 1 is 0.947 bits per heavy atom. The number of nitrogens with one attached hydrogen (secondary N) is 1. The first-order valence-electron chi connectivity index (χ1n) is 12.7. The Bertz CT molecular complexity index is 1410. The molecule has 0 aromatic heterocycles. The highest BCUT2D eigenvalue weighted by Crippen LogP contribution is 2.29. The molecule has 0 heterocycles. The smallest absolute Gasteiger partial charge is 0.326 e. The second-order valence-electron chi connectivity index (χ2n) is 9.28. The summed E-state index contributed by atoms with van der Waals surface area (Å²) in [5.74, 6) is -0.766. The Morgan fingerprint density at radius 2 is 1.71 bits per heavy atom. The molecule has 4 aromatic rings. The van der Waals surface area contributed by atoms with Gasteiger partial charge >= 0.3 is 5.97 Å². The molecular formula is C32H33NO4S. The lowest BCUT2D eigenvalue weighted by Gasteiger charge is -2.18. The Labute approximate surface area is 228 Å². The van der Waals surface area contributed by atoms with Gasteiger partial charge in [-0.3, -0.25) is 4.79 Å². The van der Waals surface area contributed by atoms with Gasteiger partial charge in [0.1, 0.15) is 6.04 Å². The van der Waals surface area contributed by atoms with Gasteiger partial charge in [0.25, 0.3) is 5.91 Å². The first-order chi connectivity index (χ1) is 18.5. The fourth-order valence-corrected chi connectivity index (χ4v) is 5.06. The number of ether oxygens (including phenoxy) is 1. The van der Waals surface area contributed by atoms with Gasteiger partial charge in [-0.15, -0.1) is 0 Å². The molecule has 38 heavy (non-hydrogen) atoms. The lowest BCUT2D eigenvalue weighted by molar-refractivity contribution is -0.139. The van der Waals surface area contributed by atoms with Crippen LogP contribution in [0.5, 0.6) is 0 Å². The number of carbonyl (C=O) groups excluding carboxylic acids is 1. The zero-order chi connectivity index (χ0) is 26.9. The quantitative estimate of drug-likeness (QED) is 0.205. The van der Waals surface area contributed by atoms with Crippen LogP contribution in [0.3, 0.4) is 0 Å². The number of rotatable bonds is 12. The number of aliphatic carboxylic acids is 1. The lowest BCUT2D eigenvalue weighted by Crippen LogP contribution is -2.41. The summed E-state index contributed by atoms with van der Waals surface area (Å²) in [6.45, 7) is 2.99. The summed E-state index contributed by atoms with van der Waals surface area (Å²) in [4.78, 5) is 25.0. The Hall–Kier alpha value is -3.61. The number of thioether (sulfide) groups is 1. The van der Waals surface area contributed by atoms with Gasteiger partial charge in [-0.2, -0.15) is 11.8 Å². The number of hydrogen-bond acceptors (Lipinski definition) is 4. The van der Waals surface area contributed by atoms with E-state index in [-0.39, 0.29) is 5.91 Å². The van der Waals surface area contributed by atoms with Gasteiger partial charge in [0.05, 0.1) is 13.2 Å². The topological polar surface area (TPSA) is 75.6 Å². The van der Waals surface area contributed by atoms with Gasteiger partial charge in [0.15, 0.2) is 0 Å². The molecule has 1 unspecified atom stereocenters. The fourth-order valence-electron chi connectivity index (χ4n) is 4.59. The zero-order valence-electron chi connectivity index (χ0n) is 21.8. The van der Waals surface area contributed by atoms with Crippen LogP contribution in [-0.4, -0.2) is 41.6 Å². The predicted octanol–water partition coefficient (Wildman–Crippen LogP) is 6.51. The molecule has 5 nitrogen and oxygen atoms in total. The summed E-state index contributed by atoms with van der Waals surface area (Å²) in [6, 6.07) is 27.3. The molecule has 4 rings (SSSR count). The maximum atomic E-state index is 13.3. The maximum Gasteiger partial charge on any atom is 0.326 e. The molecule has 0 saturated heterocycles. The molecule has 0 aliphatic carbocycles. The van der Waals surface area contributed by atoms with Crippen molar-refractivity contribution in [2.75, 3.05) is 18.6 Å². The second kappa shape index (κ2) is 13.3. The highest BCUT2D eigenvalue weighted by atomic mass is 32.2. The van der Waals surface area contributed by atoms with Gasteiger partial charge in [-0.1, -0.05) is 72.8 Å². The van der Waals surface area contributed by atoms with Crippen molar-refractivity contribution in [1.82, 2.24) is 5.32 Å². The van der Waals surface area contributed by atoms with Crippen LogP contribution in [0, 0.1) is 6.92 Å². The van der Waals surface area contributed by atoms with E-state index in [1.54, 1.807) is 17.8 Å². The molecule has 1 amide bonds. The molecule has 0 radical (unpaired) electrons. The van der Waals surface area contributed by atoms with Gasteiger partial charge < -0.3 is 15.2 Å². The third-order valence-corrected chi connectivity index (χ3v) is 7.29. The number of carboxylic acids is 1. The van der Waals surface area contributed by atoms with Crippen LogP contribution >= 0.6 is 11.8 Å². The molecule has 1 atom stereocenters. The van der Waals surface area contributed by atoms with Crippen molar-refractivity contribution < 1.29 is 19.4 Å². The molecule has 0 aliphatic heterocycles. The molecule has 6 heteroatoms. The molecule has 0 saturated carbocycles. The third kappa shape index (κ3) is 6.82. The first kappa shape index (κ1) is 27.4. The van der Waals surface area contributed by atoms with Crippen LogP contribution in [0.1, 0.15) is 33.5 Å². The van der Waals surface area contributed by atoms with E-state index in [2.05, 4.69) is 41.7 Å². The number of amides is 1. The second-order valence-corrected chi connectivity index (χ2v) is 10.3. The van der Waals surface area contributed by atoms with E-state index in [0.717, 1.165) is 28.7 Å². The van der Waals surface area contributed by atoms with Crippen molar-refractivity contribution in [3.8, 4) is 11.1 Å². The maximum absolute atomic E-state index is 13.3. The van der Waals surface area contributed by atoms with Crippen LogP contribution in [0.2, 0.25) is 0 Å². The number of carboxylic acid groups (broad SMARTS) is 1. The van der Waals surface area contributed by atoms with E-state index in [0.29, 0.717) is 31.0 Å². The minimum Gasteiger partial charge on any atom is -0.480 e. The summed E-state index contributed by atoms with van der Waals surface area (Å²) < 4.78 is 6.05. The first-order valence-corrected chi connectivity index (χ1v) is 14.1. The van der Waals surface area contributed by atoms with Crippen molar-refractivity contribution >= 4 is 34.4 Å². The number of fused-ring (bicyclic) bond motifs is 1. The summed E-state index contributed by atoms with van der Waals surface area (Å²) >= 11 is 1.55. The fraction of sp³-hybridized carbons (Fsp3) is 0.250. The summed E-state index contributed by atoms with van der Waals surface area (Å²) in [5, 5.41) is 14.8. The highest BCUT2D eigenvalue weighted by molar-refractivity contribution is 7.98. The lowest BCUT2D eigenvalue weighted by atomic mass is 9.93. The van der Waals surface area contributed by atoms with E-state index in [9.17, 15) is 14.7 Å². The van der Waals surface area contributed by atoms with E-state index in [1.165, 1.54) is 16.3 Å². The van der Waals surface area contributed by atoms with Gasteiger partial charge in [0, 0.05) is 5.56 Å². The Balaban J connectivity index is 1.51. The summed E-state index contributed by atoms with van der Waals surface area (Å²) in [7, 11) is 0. The average molecular weight is 528 g/mol. The normalized spacial score (nSPS) is 11.8. The summed E-state index contributed by atoms with van der Waals surface area (Å²) in [6.07, 6.45) is 3.09. The molecular weight excluding hydrogens is 494 g/mol. The van der Waals surface area contributed by atoms with E-state index in [4.69, 9.17) is 4.74 Å². The molecule has 196 valence electrons. The van der Waals surface area contributed by atoms with Crippen LogP contribution in [-0.2, 0) is 22.6 Å². The van der Waals surface area contributed by atoms with Crippen molar-refractivity contribution in [3.63, 3.8) is 0 Å². The van der Waals surface area contributed by atoms with Crippen LogP contribution < -0.4 is 5.32 Å².